The molecule has 0 aromatic carbocycles. The molecule has 0 aromatic rings. The third-order valence-corrected chi connectivity index (χ3v) is 5.88. The summed E-state index contributed by atoms with van der Waals surface area (Å²) in [6, 6.07) is 0. The van der Waals surface area contributed by atoms with Gasteiger partial charge in [0.1, 0.15) is 0 Å². The van der Waals surface area contributed by atoms with Crippen molar-refractivity contribution in [3.05, 3.63) is 0 Å². The summed E-state index contributed by atoms with van der Waals surface area (Å²) in [6.07, 6.45) is 15.1. The SMILES string of the molecule is CCCCCCCCCCCCCOCCOCCOCCOCCOCCOCCOCCC(=O)OCC. The Hall–Kier alpha value is -0.810. The Morgan fingerprint density at radius 2 is 0.692 bits per heavy atom. The second-order valence-electron chi connectivity index (χ2n) is 9.38. The number of carbonyl (C=O) groups excluding carboxylic acids is 1. The Morgan fingerprint density at radius 3 is 1.05 bits per heavy atom. The summed E-state index contributed by atoms with van der Waals surface area (Å²) in [5.74, 6) is -0.240. The van der Waals surface area contributed by atoms with E-state index in [0.717, 1.165) is 13.0 Å². The Kier molecular flexibility index (Phi) is 34.5. The van der Waals surface area contributed by atoms with E-state index in [-0.39, 0.29) is 12.4 Å². The van der Waals surface area contributed by atoms with Crippen molar-refractivity contribution >= 4 is 5.97 Å². The first-order valence-corrected chi connectivity index (χ1v) is 15.5. The second-order valence-corrected chi connectivity index (χ2v) is 9.38. The van der Waals surface area contributed by atoms with E-state index < -0.39 is 0 Å². The Labute approximate surface area is 238 Å². The van der Waals surface area contributed by atoms with Crippen LogP contribution in [0.2, 0.25) is 0 Å². The maximum atomic E-state index is 11.1. The van der Waals surface area contributed by atoms with E-state index >= 15 is 0 Å². The zero-order valence-electron chi connectivity index (χ0n) is 25.3. The van der Waals surface area contributed by atoms with Crippen molar-refractivity contribution in [1.29, 1.82) is 0 Å². The highest BCUT2D eigenvalue weighted by atomic mass is 16.6. The molecule has 0 bridgehead atoms. The van der Waals surface area contributed by atoms with E-state index in [1.165, 1.54) is 64.2 Å². The highest BCUT2D eigenvalue weighted by Crippen LogP contribution is 2.11. The summed E-state index contributed by atoms with van der Waals surface area (Å²) in [6.45, 7) is 12.0. The molecular weight excluding hydrogens is 504 g/mol. The molecule has 0 amide bonds. The first-order chi connectivity index (χ1) is 19.3. The third-order valence-electron chi connectivity index (χ3n) is 5.88. The van der Waals surface area contributed by atoms with Crippen LogP contribution in [0.4, 0.5) is 0 Å². The molecule has 0 aromatic heterocycles. The number of rotatable bonds is 34. The quantitative estimate of drug-likeness (QED) is 0.0756. The average Bonchev–Trinajstić information content (AvgIpc) is 2.94. The zero-order valence-corrected chi connectivity index (χ0v) is 25.3. The van der Waals surface area contributed by atoms with Gasteiger partial charge in [-0.1, -0.05) is 71.1 Å². The molecule has 0 spiro atoms. The number of carbonyl (C=O) groups is 1. The lowest BCUT2D eigenvalue weighted by molar-refractivity contribution is -0.144. The smallest absolute Gasteiger partial charge is 0.308 e. The third kappa shape index (κ3) is 35.2. The van der Waals surface area contributed by atoms with Crippen LogP contribution in [0.3, 0.4) is 0 Å². The van der Waals surface area contributed by atoms with E-state index in [4.69, 9.17) is 37.9 Å². The lowest BCUT2D eigenvalue weighted by Crippen LogP contribution is -2.15. The van der Waals surface area contributed by atoms with Crippen LogP contribution in [0, 0.1) is 0 Å². The summed E-state index contributed by atoms with van der Waals surface area (Å²) in [5, 5.41) is 0. The van der Waals surface area contributed by atoms with Gasteiger partial charge in [0.25, 0.3) is 0 Å². The monoisotopic (exact) mass is 564 g/mol. The highest BCUT2D eigenvalue weighted by Gasteiger charge is 2.01. The van der Waals surface area contributed by atoms with Gasteiger partial charge in [-0.2, -0.15) is 0 Å². The van der Waals surface area contributed by atoms with Gasteiger partial charge < -0.3 is 37.9 Å². The highest BCUT2D eigenvalue weighted by molar-refractivity contribution is 5.69. The van der Waals surface area contributed by atoms with Crippen molar-refractivity contribution in [3.8, 4) is 0 Å². The molecule has 0 unspecified atom stereocenters. The maximum Gasteiger partial charge on any atom is 0.308 e. The topological polar surface area (TPSA) is 90.9 Å². The molecule has 9 heteroatoms. The molecule has 0 saturated heterocycles. The van der Waals surface area contributed by atoms with Crippen LogP contribution in [0.1, 0.15) is 90.9 Å². The first kappa shape index (κ1) is 38.2. The normalized spacial score (nSPS) is 11.3. The zero-order chi connectivity index (χ0) is 28.3. The predicted molar refractivity (Wildman–Crippen MR) is 153 cm³/mol. The van der Waals surface area contributed by atoms with Crippen LogP contribution >= 0.6 is 0 Å². The van der Waals surface area contributed by atoms with Crippen LogP contribution in [-0.4, -0.2) is 105 Å². The van der Waals surface area contributed by atoms with Crippen LogP contribution in [0.15, 0.2) is 0 Å². The molecule has 0 aliphatic heterocycles. The largest absolute Gasteiger partial charge is 0.466 e. The predicted octanol–water partition coefficient (Wildman–Crippen LogP) is 5.37. The fourth-order valence-electron chi connectivity index (χ4n) is 3.68. The summed E-state index contributed by atoms with van der Waals surface area (Å²) in [7, 11) is 0. The Bertz CT molecular complexity index is 466. The molecule has 0 aliphatic carbocycles. The first-order valence-electron chi connectivity index (χ1n) is 15.5. The van der Waals surface area contributed by atoms with Crippen LogP contribution in [0.25, 0.3) is 0 Å². The molecule has 0 N–H and O–H groups in total. The molecule has 0 radical (unpaired) electrons. The van der Waals surface area contributed by atoms with Crippen molar-refractivity contribution < 1.29 is 42.7 Å². The summed E-state index contributed by atoms with van der Waals surface area (Å²) in [5.41, 5.74) is 0. The van der Waals surface area contributed by atoms with Gasteiger partial charge in [-0.25, -0.2) is 0 Å². The van der Waals surface area contributed by atoms with E-state index in [2.05, 4.69) is 6.92 Å². The lowest BCUT2D eigenvalue weighted by Gasteiger charge is -2.08. The summed E-state index contributed by atoms with van der Waals surface area (Å²) >= 11 is 0. The minimum Gasteiger partial charge on any atom is -0.466 e. The Balaban J connectivity index is 3.04. The van der Waals surface area contributed by atoms with Gasteiger partial charge in [0, 0.05) is 6.61 Å². The average molecular weight is 565 g/mol. The van der Waals surface area contributed by atoms with Gasteiger partial charge >= 0.3 is 5.97 Å². The number of esters is 1. The maximum absolute atomic E-state index is 11.1. The van der Waals surface area contributed by atoms with Crippen LogP contribution in [-0.2, 0) is 42.7 Å². The number of ether oxygens (including phenoxy) is 8. The molecule has 0 fully saturated rings. The minimum absolute atomic E-state index is 0.240. The van der Waals surface area contributed by atoms with Crippen LogP contribution in [0.5, 0.6) is 0 Å². The minimum atomic E-state index is -0.240. The molecule has 9 nitrogen and oxygen atoms in total. The fraction of sp³-hybridized carbons (Fsp3) is 0.967. The molecular formula is C30H60O9. The summed E-state index contributed by atoms with van der Waals surface area (Å²) in [4.78, 5) is 11.1. The van der Waals surface area contributed by atoms with Gasteiger partial charge in [-0.15, -0.1) is 0 Å². The van der Waals surface area contributed by atoms with Crippen molar-refractivity contribution in [2.24, 2.45) is 0 Å². The molecule has 0 rings (SSSR count). The van der Waals surface area contributed by atoms with Gasteiger partial charge in [0.05, 0.1) is 98.9 Å². The van der Waals surface area contributed by atoms with Crippen molar-refractivity contribution in [3.63, 3.8) is 0 Å². The molecule has 234 valence electrons. The molecule has 39 heavy (non-hydrogen) atoms. The second kappa shape index (κ2) is 35.2. The molecule has 0 heterocycles. The van der Waals surface area contributed by atoms with Crippen molar-refractivity contribution in [2.45, 2.75) is 90.9 Å². The number of hydrogen-bond acceptors (Lipinski definition) is 9. The number of hydrogen-bond donors (Lipinski definition) is 0. The van der Waals surface area contributed by atoms with Crippen molar-refractivity contribution in [1.82, 2.24) is 0 Å². The molecule has 0 saturated carbocycles. The van der Waals surface area contributed by atoms with E-state index in [1.807, 2.05) is 0 Å². The van der Waals surface area contributed by atoms with Gasteiger partial charge in [-0.05, 0) is 13.3 Å². The van der Waals surface area contributed by atoms with Crippen molar-refractivity contribution in [2.75, 3.05) is 99.1 Å². The fourth-order valence-corrected chi connectivity index (χ4v) is 3.68. The van der Waals surface area contributed by atoms with E-state index in [0.29, 0.717) is 92.5 Å². The van der Waals surface area contributed by atoms with Gasteiger partial charge in [0.15, 0.2) is 0 Å². The lowest BCUT2D eigenvalue weighted by atomic mass is 10.1. The Morgan fingerprint density at radius 1 is 0.385 bits per heavy atom. The van der Waals surface area contributed by atoms with Crippen LogP contribution < -0.4 is 0 Å². The number of unbranched alkanes of at least 4 members (excludes halogenated alkanes) is 10. The van der Waals surface area contributed by atoms with Gasteiger partial charge in [-0.3, -0.25) is 4.79 Å². The van der Waals surface area contributed by atoms with Gasteiger partial charge in [0.2, 0.25) is 0 Å². The molecule has 0 atom stereocenters. The standard InChI is InChI=1S/C30H60O9/c1-3-5-6-7-8-9-10-11-12-13-14-16-32-18-20-34-22-24-36-26-28-38-29-27-37-25-23-35-21-19-33-17-15-30(31)39-4-2/h3-29H2,1-2H3. The summed E-state index contributed by atoms with van der Waals surface area (Å²) < 4.78 is 43.1. The van der Waals surface area contributed by atoms with E-state index in [9.17, 15) is 4.79 Å². The molecule has 0 aliphatic rings. The van der Waals surface area contributed by atoms with E-state index in [1.54, 1.807) is 6.92 Å².